The standard InChI is InChI=1S/C12H14N2O2/c15-11-2-1-4-14-10(11)7-13-12(14)6-9-3-5-16-8-9/h1-2,4,7,9,15H,3,5-6,8H2. The molecule has 0 aliphatic carbocycles. The summed E-state index contributed by atoms with van der Waals surface area (Å²) in [7, 11) is 0. The van der Waals surface area contributed by atoms with E-state index in [2.05, 4.69) is 4.98 Å². The van der Waals surface area contributed by atoms with Crippen LogP contribution in [-0.2, 0) is 11.2 Å². The minimum atomic E-state index is 0.281. The Balaban J connectivity index is 1.94. The molecule has 3 heterocycles. The minimum Gasteiger partial charge on any atom is -0.506 e. The maximum Gasteiger partial charge on any atom is 0.141 e. The Hall–Kier alpha value is -1.55. The lowest BCUT2D eigenvalue weighted by Gasteiger charge is -2.06. The zero-order valence-corrected chi connectivity index (χ0v) is 8.97. The molecule has 4 heteroatoms. The largest absolute Gasteiger partial charge is 0.506 e. The molecule has 0 aromatic carbocycles. The molecular formula is C12H14N2O2. The van der Waals surface area contributed by atoms with Crippen molar-refractivity contribution in [2.24, 2.45) is 5.92 Å². The summed E-state index contributed by atoms with van der Waals surface area (Å²) in [5.41, 5.74) is 0.774. The molecule has 1 aliphatic heterocycles. The molecule has 16 heavy (non-hydrogen) atoms. The second-order valence-electron chi connectivity index (χ2n) is 4.26. The van der Waals surface area contributed by atoms with Gasteiger partial charge in [-0.05, 0) is 24.5 Å². The average molecular weight is 218 g/mol. The van der Waals surface area contributed by atoms with E-state index in [4.69, 9.17) is 4.74 Å². The fourth-order valence-corrected chi connectivity index (χ4v) is 2.21. The van der Waals surface area contributed by atoms with Crippen LogP contribution in [0.3, 0.4) is 0 Å². The predicted octanol–water partition coefficient (Wildman–Crippen LogP) is 1.62. The van der Waals surface area contributed by atoms with Crippen LogP contribution in [0.2, 0.25) is 0 Å². The van der Waals surface area contributed by atoms with Crippen LogP contribution in [0.1, 0.15) is 12.2 Å². The first-order valence-electron chi connectivity index (χ1n) is 5.56. The molecule has 0 radical (unpaired) electrons. The molecule has 1 N–H and O–H groups in total. The van der Waals surface area contributed by atoms with Gasteiger partial charge in [-0.3, -0.25) is 0 Å². The number of aromatic hydroxyl groups is 1. The van der Waals surface area contributed by atoms with Crippen molar-refractivity contribution in [3.8, 4) is 5.75 Å². The molecular weight excluding hydrogens is 204 g/mol. The first-order valence-corrected chi connectivity index (χ1v) is 5.56. The summed E-state index contributed by atoms with van der Waals surface area (Å²) in [4.78, 5) is 4.37. The van der Waals surface area contributed by atoms with Gasteiger partial charge in [0.2, 0.25) is 0 Å². The van der Waals surface area contributed by atoms with Crippen molar-refractivity contribution in [3.05, 3.63) is 30.4 Å². The lowest BCUT2D eigenvalue weighted by Crippen LogP contribution is -2.06. The number of nitrogens with zero attached hydrogens (tertiary/aromatic N) is 2. The molecule has 1 atom stereocenters. The summed E-state index contributed by atoms with van der Waals surface area (Å²) >= 11 is 0. The average Bonchev–Trinajstić information content (AvgIpc) is 2.90. The van der Waals surface area contributed by atoms with E-state index in [0.717, 1.165) is 37.4 Å². The van der Waals surface area contributed by atoms with Gasteiger partial charge in [-0.1, -0.05) is 0 Å². The van der Waals surface area contributed by atoms with Crippen LogP contribution >= 0.6 is 0 Å². The number of aromatic nitrogens is 2. The SMILES string of the molecule is Oc1cccn2c(CC3CCOC3)ncc12. The number of fused-ring (bicyclic) bond motifs is 1. The highest BCUT2D eigenvalue weighted by atomic mass is 16.5. The van der Waals surface area contributed by atoms with E-state index in [9.17, 15) is 5.11 Å². The van der Waals surface area contributed by atoms with Crippen LogP contribution in [0.25, 0.3) is 5.52 Å². The van der Waals surface area contributed by atoms with Gasteiger partial charge in [-0.15, -0.1) is 0 Å². The Labute approximate surface area is 93.5 Å². The van der Waals surface area contributed by atoms with E-state index < -0.39 is 0 Å². The van der Waals surface area contributed by atoms with Crippen molar-refractivity contribution < 1.29 is 9.84 Å². The van der Waals surface area contributed by atoms with E-state index in [1.54, 1.807) is 12.3 Å². The first kappa shape index (κ1) is 9.66. The van der Waals surface area contributed by atoms with E-state index in [0.29, 0.717) is 5.92 Å². The molecule has 1 unspecified atom stereocenters. The van der Waals surface area contributed by atoms with Gasteiger partial charge in [0.25, 0.3) is 0 Å². The van der Waals surface area contributed by atoms with Crippen molar-refractivity contribution in [1.82, 2.24) is 9.38 Å². The number of ether oxygens (including phenoxy) is 1. The van der Waals surface area contributed by atoms with Gasteiger partial charge in [-0.25, -0.2) is 4.98 Å². The topological polar surface area (TPSA) is 46.8 Å². The Kier molecular flexibility index (Phi) is 2.29. The third kappa shape index (κ3) is 1.55. The smallest absolute Gasteiger partial charge is 0.141 e. The molecule has 4 nitrogen and oxygen atoms in total. The van der Waals surface area contributed by atoms with Crippen molar-refractivity contribution >= 4 is 5.52 Å². The van der Waals surface area contributed by atoms with Crippen molar-refractivity contribution in [3.63, 3.8) is 0 Å². The highest BCUT2D eigenvalue weighted by molar-refractivity contribution is 5.58. The Morgan fingerprint density at radius 3 is 3.31 bits per heavy atom. The summed E-state index contributed by atoms with van der Waals surface area (Å²) in [5.74, 6) is 1.85. The lowest BCUT2D eigenvalue weighted by molar-refractivity contribution is 0.185. The van der Waals surface area contributed by atoms with E-state index in [-0.39, 0.29) is 5.75 Å². The molecule has 0 amide bonds. The molecule has 0 bridgehead atoms. The van der Waals surface area contributed by atoms with Gasteiger partial charge < -0.3 is 14.2 Å². The quantitative estimate of drug-likeness (QED) is 0.833. The highest BCUT2D eigenvalue weighted by Crippen LogP contribution is 2.22. The van der Waals surface area contributed by atoms with Gasteiger partial charge in [-0.2, -0.15) is 0 Å². The molecule has 1 fully saturated rings. The van der Waals surface area contributed by atoms with Crippen molar-refractivity contribution in [2.75, 3.05) is 13.2 Å². The Bertz CT molecular complexity index is 501. The summed E-state index contributed by atoms with van der Waals surface area (Å²) in [5, 5.41) is 9.66. The maximum atomic E-state index is 9.66. The third-order valence-corrected chi connectivity index (χ3v) is 3.12. The van der Waals surface area contributed by atoms with Gasteiger partial charge in [0.05, 0.1) is 6.20 Å². The number of hydrogen-bond donors (Lipinski definition) is 1. The van der Waals surface area contributed by atoms with Gasteiger partial charge in [0.15, 0.2) is 0 Å². The normalized spacial score (nSPS) is 20.6. The fraction of sp³-hybridized carbons (Fsp3) is 0.417. The van der Waals surface area contributed by atoms with Gasteiger partial charge >= 0.3 is 0 Å². The fourth-order valence-electron chi connectivity index (χ4n) is 2.21. The second kappa shape index (κ2) is 3.79. The monoisotopic (exact) mass is 218 g/mol. The van der Waals surface area contributed by atoms with Gasteiger partial charge in [0, 0.05) is 25.8 Å². The Morgan fingerprint density at radius 2 is 2.50 bits per heavy atom. The number of rotatable bonds is 2. The van der Waals surface area contributed by atoms with E-state index in [1.165, 1.54) is 0 Å². The number of imidazole rings is 1. The van der Waals surface area contributed by atoms with Crippen LogP contribution in [0.15, 0.2) is 24.5 Å². The third-order valence-electron chi connectivity index (χ3n) is 3.12. The zero-order valence-electron chi connectivity index (χ0n) is 8.97. The first-order chi connectivity index (χ1) is 7.84. The van der Waals surface area contributed by atoms with Crippen LogP contribution in [-0.4, -0.2) is 27.7 Å². The summed E-state index contributed by atoms with van der Waals surface area (Å²) in [6, 6.07) is 3.51. The van der Waals surface area contributed by atoms with Crippen LogP contribution in [0, 0.1) is 5.92 Å². The maximum absolute atomic E-state index is 9.66. The van der Waals surface area contributed by atoms with Crippen molar-refractivity contribution in [2.45, 2.75) is 12.8 Å². The summed E-state index contributed by atoms with van der Waals surface area (Å²) < 4.78 is 7.31. The molecule has 2 aromatic heterocycles. The molecule has 0 spiro atoms. The molecule has 3 rings (SSSR count). The van der Waals surface area contributed by atoms with Crippen LogP contribution in [0.4, 0.5) is 0 Å². The number of pyridine rings is 1. The predicted molar refractivity (Wildman–Crippen MR) is 59.5 cm³/mol. The molecule has 1 aliphatic rings. The Morgan fingerprint density at radius 1 is 1.56 bits per heavy atom. The lowest BCUT2D eigenvalue weighted by atomic mass is 10.1. The molecule has 1 saturated heterocycles. The van der Waals surface area contributed by atoms with E-state index >= 15 is 0 Å². The second-order valence-corrected chi connectivity index (χ2v) is 4.26. The highest BCUT2D eigenvalue weighted by Gasteiger charge is 2.18. The minimum absolute atomic E-state index is 0.281. The van der Waals surface area contributed by atoms with E-state index in [1.807, 2.05) is 16.7 Å². The number of hydrogen-bond acceptors (Lipinski definition) is 3. The van der Waals surface area contributed by atoms with Crippen molar-refractivity contribution in [1.29, 1.82) is 0 Å². The molecule has 2 aromatic rings. The zero-order chi connectivity index (χ0) is 11.0. The van der Waals surface area contributed by atoms with Crippen LogP contribution in [0.5, 0.6) is 5.75 Å². The van der Waals surface area contributed by atoms with Crippen LogP contribution < -0.4 is 0 Å². The summed E-state index contributed by atoms with van der Waals surface area (Å²) in [6.45, 7) is 1.69. The molecule has 84 valence electrons. The summed E-state index contributed by atoms with van der Waals surface area (Å²) in [6.07, 6.45) is 5.68. The molecule has 0 saturated carbocycles. The van der Waals surface area contributed by atoms with Gasteiger partial charge in [0.1, 0.15) is 17.1 Å².